The topological polar surface area (TPSA) is 39.4 Å². The van der Waals surface area contributed by atoms with E-state index in [0.29, 0.717) is 105 Å². The summed E-state index contributed by atoms with van der Waals surface area (Å²) in [5, 5.41) is 4.85. The van der Waals surface area contributed by atoms with Gasteiger partial charge in [-0.3, -0.25) is 0 Å². The van der Waals surface area contributed by atoms with Gasteiger partial charge in [0.15, 0.2) is 0 Å². The second-order valence-electron chi connectivity index (χ2n) is 29.3. The van der Waals surface area contributed by atoms with Crippen LogP contribution in [0.25, 0.3) is 219 Å². The highest BCUT2D eigenvalue weighted by Gasteiger charge is 2.27. The summed E-state index contributed by atoms with van der Waals surface area (Å²) in [6.07, 6.45) is 0. The highest BCUT2D eigenvalue weighted by molar-refractivity contribution is 6.30. The van der Waals surface area contributed by atoms with Crippen LogP contribution in [0.1, 0.15) is 71.7 Å². The minimum atomic E-state index is -0.710. The molecule has 116 heavy (non-hydrogen) atoms. The monoisotopic (exact) mass is 1510 g/mol. The Kier molecular flexibility index (Phi) is 11.1. The van der Waals surface area contributed by atoms with Crippen molar-refractivity contribution in [1.82, 2.24) is 0 Å². The van der Waals surface area contributed by atoms with Crippen LogP contribution in [0.5, 0.6) is 0 Å². The van der Waals surface area contributed by atoms with Gasteiger partial charge in [0, 0.05) is 43.4 Å². The molecule has 3 heterocycles. The van der Waals surface area contributed by atoms with Crippen LogP contribution in [0, 0.1) is 6.92 Å². The third-order valence-electron chi connectivity index (χ3n) is 21.7. The van der Waals surface area contributed by atoms with E-state index in [9.17, 15) is 8.22 Å². The lowest BCUT2D eigenvalue weighted by atomic mass is 9.84. The van der Waals surface area contributed by atoms with Crippen molar-refractivity contribution in [2.24, 2.45) is 0 Å². The molecule has 0 aliphatic carbocycles. The Morgan fingerprint density at radius 2 is 0.491 bits per heavy atom. The molecular formula is C113H78O3. The molecule has 23 rings (SSSR count). The molecule has 0 bridgehead atoms. The van der Waals surface area contributed by atoms with Gasteiger partial charge in [-0.05, 0) is 184 Å². The molecule has 20 aromatic carbocycles. The van der Waals surface area contributed by atoms with Gasteiger partial charge in [0.2, 0.25) is 0 Å². The van der Waals surface area contributed by atoms with Crippen molar-refractivity contribution >= 4 is 130 Å². The highest BCUT2D eigenvalue weighted by Crippen LogP contribution is 2.52. The van der Waals surface area contributed by atoms with E-state index in [1.165, 1.54) is 0 Å². The van der Waals surface area contributed by atoms with Gasteiger partial charge in [-0.2, -0.15) is 0 Å². The summed E-state index contributed by atoms with van der Waals surface area (Å²) in [4.78, 5) is 0. The Balaban J connectivity index is 0.000000129. The predicted molar refractivity (Wildman–Crippen MR) is 493 cm³/mol. The van der Waals surface area contributed by atoms with E-state index >= 15 is 0 Å². The Morgan fingerprint density at radius 1 is 0.207 bits per heavy atom. The maximum atomic E-state index is 9.32. The van der Waals surface area contributed by atoms with Gasteiger partial charge in [-0.1, -0.05) is 402 Å². The van der Waals surface area contributed by atoms with Crippen LogP contribution < -0.4 is 0 Å². The smallest absolute Gasteiger partial charge is 0.143 e. The zero-order valence-electron chi connectivity index (χ0n) is 91.6. The van der Waals surface area contributed by atoms with Gasteiger partial charge in [0.25, 0.3) is 0 Å². The largest absolute Gasteiger partial charge is 0.456 e. The van der Waals surface area contributed by atoms with Crippen molar-refractivity contribution in [2.75, 3.05) is 0 Å². The third-order valence-corrected chi connectivity index (χ3v) is 21.7. The van der Waals surface area contributed by atoms with Gasteiger partial charge >= 0.3 is 0 Å². The lowest BCUT2D eigenvalue weighted by molar-refractivity contribution is 0.573. The van der Waals surface area contributed by atoms with Gasteiger partial charge in [0.1, 0.15) is 33.5 Å². The average Bonchev–Trinajstić information content (AvgIpc) is 1.57. The first-order chi connectivity index (χ1) is 69.2. The number of fused-ring (bicyclic) bond motifs is 15. The van der Waals surface area contributed by atoms with Crippen LogP contribution in [-0.2, 0) is 5.41 Å². The number of aryl methyl sites for hydroxylation is 1. The Hall–Kier alpha value is -14.6. The molecule has 0 fully saturated rings. The summed E-state index contributed by atoms with van der Waals surface area (Å²) >= 11 is 0. The SMILES string of the molecule is [2H]c1c([2H])c([2H])c(-c2c3c([2H])c([2H])c([2H])c([2H])c3c(-c3cccc4oc5c(C)cccc5c34)c3c([2H])c([2H])c([2H])c([2H])c23)c([2H])c1[2H].[2H]c1c([2H])c([2H])c2c(-c3cccc4oc5c(-c6ccc(-c7ccccc7)cc6)cccc5c34)c3c([2H])c([2H])c([2H])c([2H])c3c(-c3ccccc3)c2c1[2H].[2H]c1c([2H])c([2H])c2c(-c3cccc4oc5c(C(C)(C)C)cccc5c34)c3c([2H])c([2H])c([2H])c([2H])c3c(-c3ccccc3)c2c1[2H]. The molecule has 3 nitrogen and oxygen atoms in total. The number of benzene rings is 20. The van der Waals surface area contributed by atoms with Crippen LogP contribution in [-0.4, -0.2) is 0 Å². The zero-order chi connectivity index (χ0) is 103. The molecule has 0 saturated carbocycles. The van der Waals surface area contributed by atoms with Crippen LogP contribution in [0.3, 0.4) is 0 Å². The first-order valence-electron chi connectivity index (χ1n) is 52.2. The maximum Gasteiger partial charge on any atom is 0.143 e. The molecule has 0 N–H and O–H groups in total. The van der Waals surface area contributed by atoms with Gasteiger partial charge in [0.05, 0.1) is 39.8 Å². The lowest BCUT2D eigenvalue weighted by Gasteiger charge is -2.19. The summed E-state index contributed by atoms with van der Waals surface area (Å²) in [5.41, 5.74) is 12.2. The molecule has 0 aliphatic rings. The van der Waals surface area contributed by atoms with Crippen molar-refractivity contribution in [2.45, 2.75) is 33.1 Å². The first-order valence-corrected chi connectivity index (χ1v) is 37.7. The van der Waals surface area contributed by atoms with E-state index in [1.807, 2.05) is 116 Å². The van der Waals surface area contributed by atoms with Crippen LogP contribution in [0.15, 0.2) is 413 Å². The molecule has 0 aliphatic heterocycles. The molecule has 0 unspecified atom stereocenters. The molecule has 3 heteroatoms. The second kappa shape index (κ2) is 28.5. The number of furan rings is 3. The predicted octanol–water partition coefficient (Wildman–Crippen LogP) is 32.6. The fourth-order valence-corrected chi connectivity index (χ4v) is 16.7. The van der Waals surface area contributed by atoms with Crippen molar-refractivity contribution in [3.63, 3.8) is 0 Å². The summed E-state index contributed by atoms with van der Waals surface area (Å²) in [6.45, 7) is 8.18. The van der Waals surface area contributed by atoms with Crippen molar-refractivity contribution < 1.29 is 53.0 Å². The minimum absolute atomic E-state index is 0.0694. The third kappa shape index (κ3) is 11.6. The minimum Gasteiger partial charge on any atom is -0.456 e. The van der Waals surface area contributed by atoms with E-state index in [1.54, 1.807) is 78.9 Å². The second-order valence-corrected chi connectivity index (χ2v) is 29.3. The summed E-state index contributed by atoms with van der Waals surface area (Å²) in [7, 11) is 0. The van der Waals surface area contributed by atoms with E-state index in [-0.39, 0.29) is 130 Å². The maximum absolute atomic E-state index is 9.32. The van der Waals surface area contributed by atoms with Crippen LogP contribution in [0.2, 0.25) is 0 Å². The number of para-hydroxylation sites is 3. The van der Waals surface area contributed by atoms with E-state index < -0.39 is 132 Å². The van der Waals surface area contributed by atoms with E-state index in [2.05, 4.69) is 57.2 Å². The quantitative estimate of drug-likeness (QED) is 0.142. The Morgan fingerprint density at radius 3 is 0.888 bits per heavy atom. The molecule has 23 aromatic rings. The van der Waals surface area contributed by atoms with Gasteiger partial charge in [-0.15, -0.1) is 0 Å². The molecule has 0 spiro atoms. The lowest BCUT2D eigenvalue weighted by Crippen LogP contribution is -2.10. The van der Waals surface area contributed by atoms with Crippen molar-refractivity contribution in [1.29, 1.82) is 0 Å². The summed E-state index contributed by atoms with van der Waals surface area (Å²) in [5.74, 6) is 0. The van der Waals surface area contributed by atoms with Crippen LogP contribution >= 0.6 is 0 Å². The molecular weight excluding hydrogens is 1410 g/mol. The number of rotatable bonds is 8. The summed E-state index contributed by atoms with van der Waals surface area (Å²) < 4.78 is 276. The molecule has 0 saturated heterocycles. The van der Waals surface area contributed by atoms with E-state index in [0.717, 1.165) is 44.2 Å². The standard InChI is InChI=1S/C44H28O.C36H28O.C33H22O/c1-3-13-29(14-4-1)30-25-27-31(28-26-30)33-21-11-23-39-43-38(22-12-24-40(43)45-44(33)39)42-36-19-9-7-17-34(36)41(32-15-5-2-6-16-32)35-18-8-10-20-37(35)42;1-36(2,3)30-21-11-20-29-34-28(19-12-22-31(34)37-35(29)30)33-26-17-9-7-15-24(26)32(23-13-5-4-6-14-23)25-16-8-10-18-27(25)33;1-21-11-9-19-28-32-27(18-10-20-29(32)34-33(21)28)31-25-16-7-5-14-23(25)30(22-12-3-2-4-13-22)24-15-6-8-17-26(24)31/h1-28H;4-22H,1-3H3;2-20H,1H3/i7D,8D,9D,10D,17D,18D,19D,20D;7D,8D,9D,10D,15D,16D,17D,18D;2D,3D,4D,5D,6D,7D,8D,12D,13D,14D,15D,16D,17D. The zero-order valence-corrected chi connectivity index (χ0v) is 62.6. The van der Waals surface area contributed by atoms with Crippen molar-refractivity contribution in [3.05, 3.63) is 411 Å². The fraction of sp³-hybridized carbons (Fsp3) is 0.0442. The highest BCUT2D eigenvalue weighted by atomic mass is 16.3. The number of hydrogen-bond donors (Lipinski definition) is 0. The molecule has 0 amide bonds. The molecule has 3 aromatic heterocycles. The molecule has 548 valence electrons. The van der Waals surface area contributed by atoms with Gasteiger partial charge < -0.3 is 13.3 Å². The average molecular weight is 1510 g/mol. The van der Waals surface area contributed by atoms with E-state index in [4.69, 9.17) is 44.8 Å². The van der Waals surface area contributed by atoms with Gasteiger partial charge in [-0.25, -0.2) is 0 Å². The molecule has 0 atom stereocenters. The first kappa shape index (κ1) is 45.2. The number of hydrogen-bond acceptors (Lipinski definition) is 3. The Bertz CT molecular complexity index is 9380. The Labute approximate surface area is 713 Å². The van der Waals surface area contributed by atoms with Crippen LogP contribution in [0.4, 0.5) is 0 Å². The molecule has 0 radical (unpaired) electrons. The fourth-order valence-electron chi connectivity index (χ4n) is 16.7. The summed E-state index contributed by atoms with van der Waals surface area (Å²) in [6, 6.07) is 55.7. The van der Waals surface area contributed by atoms with Crippen molar-refractivity contribution in [3.8, 4) is 89.0 Å². The normalized spacial score (nSPS) is 15.3.